The predicted octanol–water partition coefficient (Wildman–Crippen LogP) is 3.67. The molecule has 0 aliphatic heterocycles. The molecule has 0 heterocycles. The molecule has 20 heavy (non-hydrogen) atoms. The third-order valence-electron chi connectivity index (χ3n) is 3.66. The third kappa shape index (κ3) is 3.62. The lowest BCUT2D eigenvalue weighted by Crippen LogP contribution is -2.14. The maximum absolute atomic E-state index is 12.0. The molecule has 0 bridgehead atoms. The fourth-order valence-corrected chi connectivity index (χ4v) is 2.66. The molecule has 2 rings (SSSR count). The summed E-state index contributed by atoms with van der Waals surface area (Å²) < 4.78 is 10.4. The Morgan fingerprint density at radius 1 is 1.25 bits per heavy atom. The number of esters is 1. The van der Waals surface area contributed by atoms with Gasteiger partial charge in [0.2, 0.25) is 0 Å². The number of carbonyl (C=O) groups is 1. The second-order valence-corrected chi connectivity index (χ2v) is 5.04. The number of benzene rings is 1. The zero-order chi connectivity index (χ0) is 14.4. The van der Waals surface area contributed by atoms with Crippen LogP contribution < -0.4 is 4.74 Å². The highest BCUT2D eigenvalue weighted by Gasteiger charge is 2.20. The van der Waals surface area contributed by atoms with Crippen molar-refractivity contribution in [2.75, 3.05) is 13.7 Å². The van der Waals surface area contributed by atoms with E-state index < -0.39 is 0 Å². The van der Waals surface area contributed by atoms with Crippen molar-refractivity contribution in [3.05, 3.63) is 41.0 Å². The summed E-state index contributed by atoms with van der Waals surface area (Å²) in [5.74, 6) is 0.724. The van der Waals surface area contributed by atoms with Gasteiger partial charge in [0.25, 0.3) is 0 Å². The van der Waals surface area contributed by atoms with Crippen LogP contribution in [0.3, 0.4) is 0 Å². The van der Waals surface area contributed by atoms with Crippen molar-refractivity contribution in [1.82, 2.24) is 0 Å². The largest absolute Gasteiger partial charge is 0.497 e. The number of carbonyl (C=O) groups excluding carboxylic acids is 1. The van der Waals surface area contributed by atoms with E-state index in [1.54, 1.807) is 7.11 Å². The first kappa shape index (κ1) is 14.6. The second kappa shape index (κ2) is 7.13. The third-order valence-corrected chi connectivity index (χ3v) is 3.66. The topological polar surface area (TPSA) is 35.5 Å². The van der Waals surface area contributed by atoms with Crippen LogP contribution in [0.4, 0.5) is 0 Å². The minimum atomic E-state index is -0.134. The summed E-state index contributed by atoms with van der Waals surface area (Å²) >= 11 is 0. The summed E-state index contributed by atoms with van der Waals surface area (Å²) in [6, 6.07) is 8.03. The molecular weight excluding hydrogens is 252 g/mol. The molecule has 108 valence electrons. The van der Waals surface area contributed by atoms with Crippen molar-refractivity contribution in [2.45, 2.75) is 39.0 Å². The van der Waals surface area contributed by atoms with Crippen LogP contribution in [0.25, 0.3) is 0 Å². The average molecular weight is 274 g/mol. The molecule has 1 aliphatic rings. The Morgan fingerprint density at radius 2 is 2.05 bits per heavy atom. The van der Waals surface area contributed by atoms with Crippen molar-refractivity contribution in [2.24, 2.45) is 0 Å². The molecule has 1 aliphatic carbocycles. The summed E-state index contributed by atoms with van der Waals surface area (Å²) in [7, 11) is 1.67. The van der Waals surface area contributed by atoms with Crippen LogP contribution in [-0.4, -0.2) is 19.7 Å². The lowest BCUT2D eigenvalue weighted by Gasteiger charge is -2.19. The van der Waals surface area contributed by atoms with Gasteiger partial charge in [-0.3, -0.25) is 0 Å². The van der Waals surface area contributed by atoms with Crippen LogP contribution >= 0.6 is 0 Å². The van der Waals surface area contributed by atoms with E-state index >= 15 is 0 Å². The molecular formula is C17H22O3. The van der Waals surface area contributed by atoms with E-state index in [0.717, 1.165) is 43.4 Å². The number of rotatable bonds is 5. The van der Waals surface area contributed by atoms with E-state index in [-0.39, 0.29) is 5.97 Å². The molecule has 1 aromatic carbocycles. The molecule has 0 fully saturated rings. The Hall–Kier alpha value is -1.77. The standard InChI is InChI=1S/C17H22O3/c1-3-20-17(18)16-10-5-4-8-14(16)11-13-7-6-9-15(12-13)19-2/h6-7,9,12H,3-5,8,10-11H2,1-2H3. The summed E-state index contributed by atoms with van der Waals surface area (Å²) in [5, 5.41) is 0. The highest BCUT2D eigenvalue weighted by atomic mass is 16.5. The minimum Gasteiger partial charge on any atom is -0.497 e. The zero-order valence-electron chi connectivity index (χ0n) is 12.3. The Morgan fingerprint density at radius 3 is 2.80 bits per heavy atom. The number of methoxy groups -OCH3 is 1. The molecule has 0 aromatic heterocycles. The Labute approximate surface area is 120 Å². The van der Waals surface area contributed by atoms with Gasteiger partial charge in [-0.05, 0) is 56.7 Å². The van der Waals surface area contributed by atoms with E-state index in [4.69, 9.17) is 9.47 Å². The van der Waals surface area contributed by atoms with Crippen LogP contribution in [-0.2, 0) is 16.0 Å². The first-order chi connectivity index (χ1) is 9.74. The van der Waals surface area contributed by atoms with Crippen LogP contribution in [0.2, 0.25) is 0 Å². The molecule has 0 N–H and O–H groups in total. The van der Waals surface area contributed by atoms with E-state index in [9.17, 15) is 4.79 Å². The number of allylic oxidation sites excluding steroid dienone is 1. The van der Waals surface area contributed by atoms with Crippen molar-refractivity contribution >= 4 is 5.97 Å². The quantitative estimate of drug-likeness (QED) is 0.768. The number of ether oxygens (including phenoxy) is 2. The molecule has 0 atom stereocenters. The summed E-state index contributed by atoms with van der Waals surface area (Å²) in [6.45, 7) is 2.29. The second-order valence-electron chi connectivity index (χ2n) is 5.04. The average Bonchev–Trinajstić information content (AvgIpc) is 2.48. The lowest BCUT2D eigenvalue weighted by atomic mass is 9.88. The van der Waals surface area contributed by atoms with Gasteiger partial charge in [0.05, 0.1) is 13.7 Å². The molecule has 0 radical (unpaired) electrons. The van der Waals surface area contributed by atoms with Gasteiger partial charge in [0.15, 0.2) is 0 Å². The molecule has 0 spiro atoms. The summed E-state index contributed by atoms with van der Waals surface area (Å²) in [5.41, 5.74) is 3.30. The van der Waals surface area contributed by atoms with Gasteiger partial charge < -0.3 is 9.47 Å². The fourth-order valence-electron chi connectivity index (χ4n) is 2.66. The van der Waals surface area contributed by atoms with Crippen molar-refractivity contribution in [3.63, 3.8) is 0 Å². The van der Waals surface area contributed by atoms with Crippen molar-refractivity contribution in [1.29, 1.82) is 0 Å². The normalized spacial score (nSPS) is 15.1. The van der Waals surface area contributed by atoms with E-state index in [2.05, 4.69) is 6.07 Å². The highest BCUT2D eigenvalue weighted by molar-refractivity contribution is 5.89. The molecule has 0 saturated carbocycles. The monoisotopic (exact) mass is 274 g/mol. The van der Waals surface area contributed by atoms with Gasteiger partial charge in [-0.1, -0.05) is 17.7 Å². The van der Waals surface area contributed by atoms with Gasteiger partial charge in [0.1, 0.15) is 5.75 Å². The maximum atomic E-state index is 12.0. The Balaban J connectivity index is 2.20. The van der Waals surface area contributed by atoms with Crippen molar-refractivity contribution < 1.29 is 14.3 Å². The van der Waals surface area contributed by atoms with Gasteiger partial charge in [-0.2, -0.15) is 0 Å². The van der Waals surface area contributed by atoms with Gasteiger partial charge in [0, 0.05) is 5.57 Å². The number of hydrogen-bond acceptors (Lipinski definition) is 3. The van der Waals surface area contributed by atoms with Crippen LogP contribution in [0.1, 0.15) is 38.2 Å². The number of hydrogen-bond donors (Lipinski definition) is 0. The first-order valence-electron chi connectivity index (χ1n) is 7.25. The molecule has 0 unspecified atom stereocenters. The molecule has 1 aromatic rings. The molecule has 3 heteroatoms. The molecule has 0 amide bonds. The molecule has 0 saturated heterocycles. The zero-order valence-corrected chi connectivity index (χ0v) is 12.3. The lowest BCUT2D eigenvalue weighted by molar-refractivity contribution is -0.138. The fraction of sp³-hybridized carbons (Fsp3) is 0.471. The van der Waals surface area contributed by atoms with Crippen LogP contribution in [0.15, 0.2) is 35.4 Å². The van der Waals surface area contributed by atoms with E-state index in [1.807, 2.05) is 25.1 Å². The van der Waals surface area contributed by atoms with Crippen LogP contribution in [0, 0.1) is 0 Å². The molecule has 3 nitrogen and oxygen atoms in total. The summed E-state index contributed by atoms with van der Waals surface area (Å²) in [4.78, 5) is 12.0. The first-order valence-corrected chi connectivity index (χ1v) is 7.25. The maximum Gasteiger partial charge on any atom is 0.333 e. The Kier molecular flexibility index (Phi) is 5.22. The van der Waals surface area contributed by atoms with Gasteiger partial charge in [-0.15, -0.1) is 0 Å². The minimum absolute atomic E-state index is 0.134. The SMILES string of the molecule is CCOC(=O)C1=C(Cc2cccc(OC)c2)CCCC1. The smallest absolute Gasteiger partial charge is 0.333 e. The van der Waals surface area contributed by atoms with Gasteiger partial charge in [-0.25, -0.2) is 4.79 Å². The van der Waals surface area contributed by atoms with E-state index in [1.165, 1.54) is 11.1 Å². The van der Waals surface area contributed by atoms with Crippen LogP contribution in [0.5, 0.6) is 5.75 Å². The van der Waals surface area contributed by atoms with Crippen molar-refractivity contribution in [3.8, 4) is 5.75 Å². The summed E-state index contributed by atoms with van der Waals surface area (Å²) in [6.07, 6.45) is 4.88. The highest BCUT2D eigenvalue weighted by Crippen LogP contribution is 2.29. The predicted molar refractivity (Wildman–Crippen MR) is 78.8 cm³/mol. The Bertz CT molecular complexity index is 503. The van der Waals surface area contributed by atoms with E-state index in [0.29, 0.717) is 6.61 Å². The van der Waals surface area contributed by atoms with Gasteiger partial charge >= 0.3 is 5.97 Å².